The zero-order chi connectivity index (χ0) is 23.3. The molecule has 0 aliphatic carbocycles. The molecule has 3 rings (SSSR count). The van der Waals surface area contributed by atoms with Gasteiger partial charge in [0.05, 0.1) is 30.2 Å². The third-order valence-electron chi connectivity index (χ3n) is 4.51. The minimum Gasteiger partial charge on any atom is -0.495 e. The number of benzene rings is 1. The Morgan fingerprint density at radius 1 is 1.34 bits per heavy atom. The van der Waals surface area contributed by atoms with E-state index in [2.05, 4.69) is 16.4 Å². The molecular weight excluding hydrogens is 450 g/mol. The molecule has 2 aromatic heterocycles. The fourth-order valence-corrected chi connectivity index (χ4v) is 4.04. The number of nitrogens with two attached hydrogens (primary N) is 1. The summed E-state index contributed by atoms with van der Waals surface area (Å²) >= 11 is 7.29. The van der Waals surface area contributed by atoms with Gasteiger partial charge in [0.1, 0.15) is 40.1 Å². The number of nitriles is 2. The Bertz CT molecular complexity index is 1250. The Balaban J connectivity index is 1.77. The molecule has 0 radical (unpaired) electrons. The number of aryl methyl sites for hydroxylation is 1. The second kappa shape index (κ2) is 10.1. The van der Waals surface area contributed by atoms with Gasteiger partial charge < -0.3 is 20.2 Å². The number of rotatable bonds is 7. The van der Waals surface area contributed by atoms with Crippen molar-refractivity contribution in [3.05, 3.63) is 52.2 Å². The van der Waals surface area contributed by atoms with Gasteiger partial charge in [-0.3, -0.25) is 4.79 Å². The molecule has 0 saturated carbocycles. The van der Waals surface area contributed by atoms with E-state index in [1.165, 1.54) is 25.1 Å². The smallest absolute Gasteiger partial charge is 0.225 e. The maximum Gasteiger partial charge on any atom is 0.225 e. The number of methoxy groups -OCH3 is 1. The molecule has 0 saturated heterocycles. The molecule has 3 aromatic rings. The first kappa shape index (κ1) is 23.0. The molecule has 0 spiro atoms. The van der Waals surface area contributed by atoms with Crippen molar-refractivity contribution in [3.63, 3.8) is 0 Å². The van der Waals surface area contributed by atoms with Gasteiger partial charge in [0.15, 0.2) is 0 Å². The number of nitrogen functional groups attached to an aromatic ring is 1. The number of furan rings is 1. The van der Waals surface area contributed by atoms with Crippen LogP contribution in [0.3, 0.4) is 0 Å². The Kier molecular flexibility index (Phi) is 7.26. The predicted octanol–water partition coefficient (Wildman–Crippen LogP) is 4.76. The van der Waals surface area contributed by atoms with Crippen molar-refractivity contribution < 1.29 is 13.9 Å². The summed E-state index contributed by atoms with van der Waals surface area (Å²) in [4.78, 5) is 16.7. The summed E-state index contributed by atoms with van der Waals surface area (Å²) in [5.41, 5.74) is 7.81. The van der Waals surface area contributed by atoms with Crippen molar-refractivity contribution in [1.82, 2.24) is 4.98 Å². The normalized spacial score (nSPS) is 10.3. The molecule has 0 fully saturated rings. The first-order chi connectivity index (χ1) is 15.4. The van der Waals surface area contributed by atoms with E-state index >= 15 is 0 Å². The number of pyridine rings is 1. The van der Waals surface area contributed by atoms with Crippen LogP contribution in [0.2, 0.25) is 5.02 Å². The highest BCUT2D eigenvalue weighted by molar-refractivity contribution is 7.99. The van der Waals surface area contributed by atoms with Gasteiger partial charge in [-0.15, -0.1) is 11.8 Å². The molecule has 10 heteroatoms. The molecule has 0 unspecified atom stereocenters. The summed E-state index contributed by atoms with van der Waals surface area (Å²) in [5.74, 6) is 0.871. The lowest BCUT2D eigenvalue weighted by atomic mass is 10.0. The third kappa shape index (κ3) is 4.80. The number of aromatic nitrogens is 1. The highest BCUT2D eigenvalue weighted by Crippen LogP contribution is 2.36. The largest absolute Gasteiger partial charge is 0.495 e. The number of amides is 1. The molecule has 1 aromatic carbocycles. The number of anilines is 2. The standard InChI is InChI=1S/C22H18ClN5O3S/c1-12-8-16(18(30-2)9-15(12)23)27-19(29)5-7-32-22-14(11-25)20(17-4-3-6-31-17)13(10-24)21(26)28-22/h3-4,6,8-9H,5,7H2,1-2H3,(H2,26,28)(H,27,29). The molecule has 3 N–H and O–H groups in total. The second-order valence-electron chi connectivity index (χ2n) is 6.58. The number of hydrogen-bond acceptors (Lipinski definition) is 8. The number of nitrogens with one attached hydrogen (secondary N) is 1. The van der Waals surface area contributed by atoms with Gasteiger partial charge in [0.25, 0.3) is 0 Å². The summed E-state index contributed by atoms with van der Waals surface area (Å²) in [6.45, 7) is 1.83. The van der Waals surface area contributed by atoms with Gasteiger partial charge in [0.2, 0.25) is 5.91 Å². The summed E-state index contributed by atoms with van der Waals surface area (Å²) in [5, 5.41) is 22.9. The average Bonchev–Trinajstić information content (AvgIpc) is 3.30. The van der Waals surface area contributed by atoms with Crippen LogP contribution in [0.5, 0.6) is 5.75 Å². The van der Waals surface area contributed by atoms with E-state index in [1.807, 2.05) is 13.0 Å². The Hall–Kier alpha value is -3.66. The van der Waals surface area contributed by atoms with Crippen LogP contribution in [-0.2, 0) is 4.79 Å². The molecule has 2 heterocycles. The van der Waals surface area contributed by atoms with Crippen molar-refractivity contribution in [1.29, 1.82) is 10.5 Å². The summed E-state index contributed by atoms with van der Waals surface area (Å²) in [6, 6.07) is 10.7. The summed E-state index contributed by atoms with van der Waals surface area (Å²) < 4.78 is 10.7. The fraction of sp³-hybridized carbons (Fsp3) is 0.182. The van der Waals surface area contributed by atoms with Crippen LogP contribution in [0.4, 0.5) is 11.5 Å². The number of nitrogens with zero attached hydrogens (tertiary/aromatic N) is 3. The Morgan fingerprint density at radius 3 is 2.72 bits per heavy atom. The zero-order valence-electron chi connectivity index (χ0n) is 17.2. The lowest BCUT2D eigenvalue weighted by Gasteiger charge is -2.13. The average molecular weight is 468 g/mol. The van der Waals surface area contributed by atoms with Crippen LogP contribution < -0.4 is 15.8 Å². The maximum atomic E-state index is 12.5. The topological polar surface area (TPSA) is 138 Å². The van der Waals surface area contributed by atoms with E-state index in [4.69, 9.17) is 26.5 Å². The van der Waals surface area contributed by atoms with E-state index in [0.717, 1.165) is 5.56 Å². The van der Waals surface area contributed by atoms with Crippen LogP contribution in [-0.4, -0.2) is 23.8 Å². The molecular formula is C22H18ClN5O3S. The third-order valence-corrected chi connectivity index (χ3v) is 5.89. The molecule has 32 heavy (non-hydrogen) atoms. The van der Waals surface area contributed by atoms with Gasteiger partial charge in [-0.2, -0.15) is 10.5 Å². The van der Waals surface area contributed by atoms with Crippen molar-refractivity contribution in [2.24, 2.45) is 0 Å². The highest BCUT2D eigenvalue weighted by Gasteiger charge is 2.22. The number of carbonyl (C=O) groups excluding carboxylic acids is 1. The van der Waals surface area contributed by atoms with Gasteiger partial charge >= 0.3 is 0 Å². The van der Waals surface area contributed by atoms with E-state index in [1.54, 1.807) is 24.3 Å². The van der Waals surface area contributed by atoms with Gasteiger partial charge in [-0.05, 0) is 30.7 Å². The minimum atomic E-state index is -0.246. The highest BCUT2D eigenvalue weighted by atomic mass is 35.5. The molecule has 162 valence electrons. The molecule has 0 aliphatic rings. The summed E-state index contributed by atoms with van der Waals surface area (Å²) in [6.07, 6.45) is 1.58. The lowest BCUT2D eigenvalue weighted by Crippen LogP contribution is -2.13. The lowest BCUT2D eigenvalue weighted by molar-refractivity contribution is -0.115. The number of ether oxygens (including phenoxy) is 1. The van der Waals surface area contributed by atoms with Crippen molar-refractivity contribution in [2.45, 2.75) is 18.4 Å². The van der Waals surface area contributed by atoms with Gasteiger partial charge in [0, 0.05) is 23.3 Å². The van der Waals surface area contributed by atoms with Crippen LogP contribution in [0.25, 0.3) is 11.3 Å². The first-order valence-electron chi connectivity index (χ1n) is 9.33. The van der Waals surface area contributed by atoms with Crippen LogP contribution >= 0.6 is 23.4 Å². The Morgan fingerprint density at radius 2 is 2.09 bits per heavy atom. The van der Waals surface area contributed by atoms with E-state index in [0.29, 0.717) is 38.6 Å². The zero-order valence-corrected chi connectivity index (χ0v) is 18.8. The minimum absolute atomic E-state index is 0.00812. The molecule has 0 bridgehead atoms. The summed E-state index contributed by atoms with van der Waals surface area (Å²) in [7, 11) is 1.49. The van der Waals surface area contributed by atoms with Crippen LogP contribution in [0.15, 0.2) is 40.0 Å². The SMILES string of the molecule is COc1cc(Cl)c(C)cc1NC(=O)CCSc1nc(N)c(C#N)c(-c2ccco2)c1C#N. The van der Waals surface area contributed by atoms with Crippen molar-refractivity contribution in [3.8, 4) is 29.2 Å². The first-order valence-corrected chi connectivity index (χ1v) is 10.7. The fourth-order valence-electron chi connectivity index (χ4n) is 2.95. The van der Waals surface area contributed by atoms with Crippen LogP contribution in [0, 0.1) is 29.6 Å². The van der Waals surface area contributed by atoms with Gasteiger partial charge in [-0.1, -0.05) is 11.6 Å². The molecule has 0 aliphatic heterocycles. The maximum absolute atomic E-state index is 12.5. The van der Waals surface area contributed by atoms with Crippen molar-refractivity contribution in [2.75, 3.05) is 23.9 Å². The predicted molar refractivity (Wildman–Crippen MR) is 122 cm³/mol. The number of halogens is 1. The van der Waals surface area contributed by atoms with E-state index < -0.39 is 0 Å². The van der Waals surface area contributed by atoms with E-state index in [-0.39, 0.29) is 29.3 Å². The number of hydrogen-bond donors (Lipinski definition) is 2. The number of carbonyl (C=O) groups is 1. The number of thioether (sulfide) groups is 1. The van der Waals surface area contributed by atoms with E-state index in [9.17, 15) is 15.3 Å². The molecule has 8 nitrogen and oxygen atoms in total. The Labute approximate surface area is 193 Å². The quantitative estimate of drug-likeness (QED) is 0.474. The van der Waals surface area contributed by atoms with Gasteiger partial charge in [-0.25, -0.2) is 4.98 Å². The van der Waals surface area contributed by atoms with Crippen molar-refractivity contribution >= 4 is 40.8 Å². The monoisotopic (exact) mass is 467 g/mol. The molecule has 1 amide bonds. The molecule has 0 atom stereocenters. The van der Waals surface area contributed by atoms with Crippen LogP contribution in [0.1, 0.15) is 23.1 Å². The second-order valence-corrected chi connectivity index (χ2v) is 8.07.